The highest BCUT2D eigenvalue weighted by Crippen LogP contribution is 2.25. The minimum atomic E-state index is 0.627. The first-order valence-electron chi connectivity index (χ1n) is 4.36. The van der Waals surface area contributed by atoms with Crippen molar-refractivity contribution in [1.82, 2.24) is 4.98 Å². The maximum absolute atomic E-state index is 5.90. The summed E-state index contributed by atoms with van der Waals surface area (Å²) in [6.07, 6.45) is 1.70. The average Bonchev–Trinajstić information content (AvgIpc) is 2.56. The Morgan fingerprint density at radius 2 is 2.07 bits per heavy atom. The fourth-order valence-electron chi connectivity index (χ4n) is 1.30. The van der Waals surface area contributed by atoms with Crippen LogP contribution in [0.5, 0.6) is 0 Å². The van der Waals surface area contributed by atoms with Crippen LogP contribution < -0.4 is 0 Å². The lowest BCUT2D eigenvalue weighted by molar-refractivity contribution is 0.542. The van der Waals surface area contributed by atoms with Gasteiger partial charge in [-0.3, -0.25) is 0 Å². The molecule has 14 heavy (non-hydrogen) atoms. The number of benzene rings is 1. The molecule has 0 spiro atoms. The topological polar surface area (TPSA) is 26.0 Å². The van der Waals surface area contributed by atoms with E-state index in [-0.39, 0.29) is 0 Å². The Hall–Kier alpha value is -1.28. The van der Waals surface area contributed by atoms with E-state index in [0.29, 0.717) is 10.9 Å². The zero-order valence-electron chi connectivity index (χ0n) is 8.04. The lowest BCUT2D eigenvalue weighted by atomic mass is 10.1. The highest BCUT2D eigenvalue weighted by atomic mass is 35.5. The number of aryl methyl sites for hydroxylation is 2. The molecule has 2 aromatic rings. The fourth-order valence-corrected chi connectivity index (χ4v) is 1.48. The number of hydrogen-bond donors (Lipinski definition) is 0. The van der Waals surface area contributed by atoms with Gasteiger partial charge in [0.05, 0.1) is 6.20 Å². The Kier molecular flexibility index (Phi) is 2.30. The van der Waals surface area contributed by atoms with E-state index in [2.05, 4.69) is 4.98 Å². The largest absolute Gasteiger partial charge is 0.441 e. The number of nitrogens with zero attached hydrogens (tertiary/aromatic N) is 1. The number of hydrogen-bond acceptors (Lipinski definition) is 2. The number of halogens is 1. The second-order valence-corrected chi connectivity index (χ2v) is 3.67. The van der Waals surface area contributed by atoms with Crippen LogP contribution in [0.4, 0.5) is 0 Å². The van der Waals surface area contributed by atoms with Gasteiger partial charge in [0.25, 0.3) is 0 Å². The molecule has 0 radical (unpaired) electrons. The quantitative estimate of drug-likeness (QED) is 0.714. The molecule has 2 rings (SSSR count). The summed E-state index contributed by atoms with van der Waals surface area (Å²) in [6, 6.07) is 5.68. The Balaban J connectivity index is 2.55. The molecule has 72 valence electrons. The number of aromatic nitrogens is 1. The molecule has 0 fully saturated rings. The van der Waals surface area contributed by atoms with Crippen LogP contribution in [0.3, 0.4) is 0 Å². The second kappa shape index (κ2) is 3.46. The van der Waals surface area contributed by atoms with Gasteiger partial charge in [-0.05, 0) is 31.5 Å². The van der Waals surface area contributed by atoms with Crippen molar-refractivity contribution >= 4 is 11.6 Å². The summed E-state index contributed by atoms with van der Waals surface area (Å²) in [5.74, 6) is 1.43. The minimum absolute atomic E-state index is 0.627. The van der Waals surface area contributed by atoms with Crippen LogP contribution in [-0.2, 0) is 0 Å². The third-order valence-electron chi connectivity index (χ3n) is 2.05. The summed E-state index contributed by atoms with van der Waals surface area (Å²) >= 11 is 5.90. The predicted octanol–water partition coefficient (Wildman–Crippen LogP) is 3.61. The highest BCUT2D eigenvalue weighted by molar-refractivity contribution is 6.30. The van der Waals surface area contributed by atoms with Crippen molar-refractivity contribution < 1.29 is 4.42 Å². The molecule has 0 aliphatic carbocycles. The van der Waals surface area contributed by atoms with Crippen LogP contribution in [0.1, 0.15) is 11.3 Å². The summed E-state index contributed by atoms with van der Waals surface area (Å²) in [6.45, 7) is 3.88. The van der Waals surface area contributed by atoms with E-state index in [1.165, 1.54) is 0 Å². The number of oxazole rings is 1. The van der Waals surface area contributed by atoms with Gasteiger partial charge in [0.1, 0.15) is 5.76 Å². The van der Waals surface area contributed by atoms with Crippen LogP contribution in [0.15, 0.2) is 28.8 Å². The molecular weight excluding hydrogens is 198 g/mol. The monoisotopic (exact) mass is 207 g/mol. The van der Waals surface area contributed by atoms with E-state index in [9.17, 15) is 0 Å². The van der Waals surface area contributed by atoms with Crippen molar-refractivity contribution in [3.63, 3.8) is 0 Å². The Bertz CT molecular complexity index is 462. The molecule has 0 aliphatic heterocycles. The third kappa shape index (κ3) is 1.66. The summed E-state index contributed by atoms with van der Waals surface area (Å²) in [5, 5.41) is 0.696. The van der Waals surface area contributed by atoms with E-state index in [1.807, 2.05) is 32.0 Å². The molecule has 1 aromatic carbocycles. The fraction of sp³-hybridized carbons (Fsp3) is 0.182. The van der Waals surface area contributed by atoms with Gasteiger partial charge >= 0.3 is 0 Å². The van der Waals surface area contributed by atoms with Crippen LogP contribution in [0.25, 0.3) is 11.5 Å². The molecule has 0 amide bonds. The van der Waals surface area contributed by atoms with Gasteiger partial charge in [-0.25, -0.2) is 4.98 Å². The zero-order chi connectivity index (χ0) is 10.1. The smallest absolute Gasteiger partial charge is 0.226 e. The SMILES string of the molecule is Cc1cnc(-c2cc(Cl)ccc2C)o1. The van der Waals surface area contributed by atoms with Crippen LogP contribution in [0.2, 0.25) is 5.02 Å². The molecule has 0 atom stereocenters. The van der Waals surface area contributed by atoms with Crippen molar-refractivity contribution in [1.29, 1.82) is 0 Å². The Labute approximate surface area is 87.5 Å². The standard InChI is InChI=1S/C11H10ClNO/c1-7-3-4-9(12)5-10(7)11-13-6-8(2)14-11/h3-6H,1-2H3. The van der Waals surface area contributed by atoms with Crippen molar-refractivity contribution in [2.75, 3.05) is 0 Å². The molecule has 0 unspecified atom stereocenters. The van der Waals surface area contributed by atoms with Gasteiger partial charge in [0.2, 0.25) is 5.89 Å². The van der Waals surface area contributed by atoms with Crippen LogP contribution in [0, 0.1) is 13.8 Å². The summed E-state index contributed by atoms with van der Waals surface area (Å²) < 4.78 is 5.44. The van der Waals surface area contributed by atoms with Crippen molar-refractivity contribution in [3.8, 4) is 11.5 Å². The maximum Gasteiger partial charge on any atom is 0.226 e. The summed E-state index contributed by atoms with van der Waals surface area (Å²) in [7, 11) is 0. The van der Waals surface area contributed by atoms with Gasteiger partial charge in [-0.2, -0.15) is 0 Å². The first kappa shape index (κ1) is 9.28. The Morgan fingerprint density at radius 1 is 1.29 bits per heavy atom. The van der Waals surface area contributed by atoms with Gasteiger partial charge in [-0.1, -0.05) is 17.7 Å². The molecule has 0 bridgehead atoms. The molecule has 0 saturated heterocycles. The highest BCUT2D eigenvalue weighted by Gasteiger charge is 2.07. The lowest BCUT2D eigenvalue weighted by Crippen LogP contribution is -1.82. The summed E-state index contributed by atoms with van der Waals surface area (Å²) in [5.41, 5.74) is 2.06. The normalized spacial score (nSPS) is 10.5. The number of rotatable bonds is 1. The van der Waals surface area contributed by atoms with E-state index >= 15 is 0 Å². The van der Waals surface area contributed by atoms with E-state index < -0.39 is 0 Å². The average molecular weight is 208 g/mol. The first-order valence-corrected chi connectivity index (χ1v) is 4.73. The van der Waals surface area contributed by atoms with Crippen LogP contribution >= 0.6 is 11.6 Å². The lowest BCUT2D eigenvalue weighted by Gasteiger charge is -2.01. The minimum Gasteiger partial charge on any atom is -0.441 e. The third-order valence-corrected chi connectivity index (χ3v) is 2.29. The predicted molar refractivity (Wildman–Crippen MR) is 56.4 cm³/mol. The summed E-state index contributed by atoms with van der Waals surface area (Å²) in [4.78, 5) is 4.16. The van der Waals surface area contributed by atoms with Gasteiger partial charge in [0.15, 0.2) is 0 Å². The van der Waals surface area contributed by atoms with E-state index in [0.717, 1.165) is 16.9 Å². The van der Waals surface area contributed by atoms with E-state index in [1.54, 1.807) is 6.20 Å². The molecule has 0 N–H and O–H groups in total. The second-order valence-electron chi connectivity index (χ2n) is 3.24. The first-order chi connectivity index (χ1) is 6.66. The zero-order valence-corrected chi connectivity index (χ0v) is 8.80. The maximum atomic E-state index is 5.90. The Morgan fingerprint density at radius 3 is 2.71 bits per heavy atom. The molecule has 3 heteroatoms. The molecular formula is C11H10ClNO. The van der Waals surface area contributed by atoms with Crippen molar-refractivity contribution in [2.24, 2.45) is 0 Å². The van der Waals surface area contributed by atoms with E-state index in [4.69, 9.17) is 16.0 Å². The molecule has 0 saturated carbocycles. The molecule has 1 aromatic heterocycles. The van der Waals surface area contributed by atoms with Gasteiger partial charge in [0, 0.05) is 10.6 Å². The van der Waals surface area contributed by atoms with Crippen molar-refractivity contribution in [2.45, 2.75) is 13.8 Å². The van der Waals surface area contributed by atoms with Gasteiger partial charge in [-0.15, -0.1) is 0 Å². The molecule has 1 heterocycles. The van der Waals surface area contributed by atoms with Gasteiger partial charge < -0.3 is 4.42 Å². The van der Waals surface area contributed by atoms with Crippen molar-refractivity contribution in [3.05, 3.63) is 40.7 Å². The van der Waals surface area contributed by atoms with Crippen LogP contribution in [-0.4, -0.2) is 4.98 Å². The molecule has 2 nitrogen and oxygen atoms in total. The molecule has 0 aliphatic rings.